The number of carbonyl (C=O) groups excluding carboxylic acids is 1. The van der Waals surface area contributed by atoms with Crippen molar-refractivity contribution < 1.29 is 9.53 Å². The smallest absolute Gasteiger partial charge is 0.254 e. The maximum Gasteiger partial charge on any atom is 0.254 e. The van der Waals surface area contributed by atoms with E-state index in [0.29, 0.717) is 30.8 Å². The minimum absolute atomic E-state index is 0.0570. The van der Waals surface area contributed by atoms with Crippen LogP contribution in [0.5, 0.6) is 0 Å². The van der Waals surface area contributed by atoms with Crippen LogP contribution in [0.3, 0.4) is 0 Å². The van der Waals surface area contributed by atoms with Crippen LogP contribution in [0.4, 0.5) is 5.82 Å². The van der Waals surface area contributed by atoms with E-state index in [1.807, 2.05) is 19.0 Å². The van der Waals surface area contributed by atoms with Crippen molar-refractivity contribution in [3.8, 4) is 0 Å². The van der Waals surface area contributed by atoms with Crippen LogP contribution in [0.15, 0.2) is 30.6 Å². The van der Waals surface area contributed by atoms with Gasteiger partial charge in [0, 0.05) is 38.6 Å². The predicted molar refractivity (Wildman–Crippen MR) is 94.8 cm³/mol. The second kappa shape index (κ2) is 6.68. The van der Waals surface area contributed by atoms with E-state index in [9.17, 15) is 4.79 Å². The highest BCUT2D eigenvalue weighted by molar-refractivity contribution is 5.97. The van der Waals surface area contributed by atoms with Crippen molar-refractivity contribution in [2.24, 2.45) is 0 Å². The Morgan fingerprint density at radius 2 is 2.04 bits per heavy atom. The van der Waals surface area contributed by atoms with E-state index in [-0.39, 0.29) is 12.0 Å². The van der Waals surface area contributed by atoms with Crippen molar-refractivity contribution in [1.29, 1.82) is 0 Å². The summed E-state index contributed by atoms with van der Waals surface area (Å²) in [6.45, 7) is 1.41. The third-order valence-electron chi connectivity index (χ3n) is 4.35. The van der Waals surface area contributed by atoms with Crippen LogP contribution in [0.1, 0.15) is 22.2 Å². The lowest BCUT2D eigenvalue weighted by molar-refractivity contribution is -0.0246. The van der Waals surface area contributed by atoms with Crippen molar-refractivity contribution in [1.82, 2.24) is 30.3 Å². The molecule has 1 N–H and O–H groups in total. The number of carbonyl (C=O) groups is 1. The van der Waals surface area contributed by atoms with E-state index in [1.165, 1.54) is 0 Å². The minimum Gasteiger partial charge on any atom is -0.368 e. The number of anilines is 1. The molecule has 9 heteroatoms. The van der Waals surface area contributed by atoms with Gasteiger partial charge in [-0.2, -0.15) is 15.4 Å². The Morgan fingerprint density at radius 1 is 1.23 bits per heavy atom. The second-order valence-corrected chi connectivity index (χ2v) is 6.30. The molecule has 134 valence electrons. The largest absolute Gasteiger partial charge is 0.368 e. The van der Waals surface area contributed by atoms with Gasteiger partial charge in [0.15, 0.2) is 5.82 Å². The molecule has 3 aromatic rings. The van der Waals surface area contributed by atoms with Crippen molar-refractivity contribution in [2.45, 2.75) is 6.10 Å². The molecule has 0 bridgehead atoms. The summed E-state index contributed by atoms with van der Waals surface area (Å²) in [4.78, 5) is 25.4. The Labute approximate surface area is 150 Å². The SMILES string of the molecule is CN(C)c1nccnc1[C@@H]1CN(C(=O)c2ccc3n[nH]nc3c2)CCO1. The fraction of sp³-hybridized carbons (Fsp3) is 0.353. The number of fused-ring (bicyclic) bond motifs is 1. The van der Waals surface area contributed by atoms with E-state index in [0.717, 1.165) is 17.0 Å². The highest BCUT2D eigenvalue weighted by atomic mass is 16.5. The zero-order valence-electron chi connectivity index (χ0n) is 14.6. The zero-order valence-corrected chi connectivity index (χ0v) is 14.6. The van der Waals surface area contributed by atoms with Gasteiger partial charge in [-0.25, -0.2) is 4.98 Å². The maximum atomic E-state index is 12.9. The number of benzene rings is 1. The first-order valence-corrected chi connectivity index (χ1v) is 8.33. The number of hydrogen-bond acceptors (Lipinski definition) is 7. The number of rotatable bonds is 3. The molecule has 1 aliphatic rings. The number of morpholine rings is 1. The molecular weight excluding hydrogens is 334 g/mol. The summed E-state index contributed by atoms with van der Waals surface area (Å²) in [5.41, 5.74) is 2.72. The molecule has 0 radical (unpaired) electrons. The van der Waals surface area contributed by atoms with Crippen molar-refractivity contribution in [3.05, 3.63) is 41.9 Å². The van der Waals surface area contributed by atoms with Crippen LogP contribution in [0, 0.1) is 0 Å². The number of aromatic amines is 1. The second-order valence-electron chi connectivity index (χ2n) is 6.30. The van der Waals surface area contributed by atoms with Crippen LogP contribution >= 0.6 is 0 Å². The van der Waals surface area contributed by atoms with E-state index >= 15 is 0 Å². The molecule has 9 nitrogen and oxygen atoms in total. The number of nitrogens with zero attached hydrogens (tertiary/aromatic N) is 6. The van der Waals surface area contributed by atoms with Gasteiger partial charge in [0.05, 0.1) is 13.2 Å². The Kier molecular flexibility index (Phi) is 4.21. The molecular formula is C17H19N7O2. The van der Waals surface area contributed by atoms with Crippen molar-refractivity contribution in [2.75, 3.05) is 38.7 Å². The van der Waals surface area contributed by atoms with Crippen LogP contribution in [-0.4, -0.2) is 70.0 Å². The maximum absolute atomic E-state index is 12.9. The quantitative estimate of drug-likeness (QED) is 0.750. The molecule has 26 heavy (non-hydrogen) atoms. The third kappa shape index (κ3) is 2.97. The Bertz CT molecular complexity index is 940. The van der Waals surface area contributed by atoms with Crippen molar-refractivity contribution in [3.63, 3.8) is 0 Å². The first-order chi connectivity index (χ1) is 12.6. The fourth-order valence-corrected chi connectivity index (χ4v) is 3.07. The molecule has 0 saturated carbocycles. The highest BCUT2D eigenvalue weighted by Crippen LogP contribution is 2.27. The van der Waals surface area contributed by atoms with Crippen LogP contribution < -0.4 is 4.90 Å². The van der Waals surface area contributed by atoms with Gasteiger partial charge < -0.3 is 14.5 Å². The molecule has 1 saturated heterocycles. The average Bonchev–Trinajstić information content (AvgIpc) is 3.15. The van der Waals surface area contributed by atoms with E-state index in [4.69, 9.17) is 4.74 Å². The molecule has 1 aliphatic heterocycles. The first-order valence-electron chi connectivity index (χ1n) is 8.33. The van der Waals surface area contributed by atoms with Gasteiger partial charge in [-0.05, 0) is 18.2 Å². The molecule has 3 heterocycles. The Balaban J connectivity index is 1.57. The third-order valence-corrected chi connectivity index (χ3v) is 4.35. The van der Waals surface area contributed by atoms with Gasteiger partial charge in [-0.1, -0.05) is 0 Å². The van der Waals surface area contributed by atoms with E-state index in [1.54, 1.807) is 35.5 Å². The van der Waals surface area contributed by atoms with Crippen molar-refractivity contribution >= 4 is 22.8 Å². The summed E-state index contributed by atoms with van der Waals surface area (Å²) in [7, 11) is 3.82. The molecule has 2 aromatic heterocycles. The summed E-state index contributed by atoms with van der Waals surface area (Å²) in [5.74, 6) is 0.689. The molecule has 0 unspecified atom stereocenters. The number of amides is 1. The standard InChI is InChI=1S/C17H19N7O2/c1-23(2)16-15(18-5-6-19-16)14-10-24(7-8-26-14)17(25)11-3-4-12-13(9-11)21-22-20-12/h3-6,9,14H,7-8,10H2,1-2H3,(H,20,21,22)/t14-/m0/s1. The van der Waals surface area contributed by atoms with Gasteiger partial charge in [0.2, 0.25) is 0 Å². The lowest BCUT2D eigenvalue weighted by atomic mass is 10.1. The molecule has 1 fully saturated rings. The molecule has 0 aliphatic carbocycles. The summed E-state index contributed by atoms with van der Waals surface area (Å²) < 4.78 is 5.88. The molecule has 1 amide bonds. The van der Waals surface area contributed by atoms with Gasteiger partial charge in [-0.15, -0.1) is 0 Å². The summed E-state index contributed by atoms with van der Waals surface area (Å²) in [6, 6.07) is 5.31. The lowest BCUT2D eigenvalue weighted by Gasteiger charge is -2.33. The number of hydrogen-bond donors (Lipinski definition) is 1. The number of ether oxygens (including phenoxy) is 1. The molecule has 4 rings (SSSR count). The fourth-order valence-electron chi connectivity index (χ4n) is 3.07. The van der Waals surface area contributed by atoms with E-state index < -0.39 is 0 Å². The highest BCUT2D eigenvalue weighted by Gasteiger charge is 2.29. The first kappa shape index (κ1) is 16.4. The summed E-state index contributed by atoms with van der Waals surface area (Å²) in [6.07, 6.45) is 2.98. The zero-order chi connectivity index (χ0) is 18.1. The number of aromatic nitrogens is 5. The monoisotopic (exact) mass is 353 g/mol. The lowest BCUT2D eigenvalue weighted by Crippen LogP contribution is -2.42. The van der Waals surface area contributed by atoms with Crippen LogP contribution in [0.25, 0.3) is 11.0 Å². The predicted octanol–water partition coefficient (Wildman–Crippen LogP) is 1.03. The van der Waals surface area contributed by atoms with Gasteiger partial charge >= 0.3 is 0 Å². The van der Waals surface area contributed by atoms with E-state index in [2.05, 4.69) is 25.4 Å². The van der Waals surface area contributed by atoms with Gasteiger partial charge in [-0.3, -0.25) is 9.78 Å². The summed E-state index contributed by atoms with van der Waals surface area (Å²) >= 11 is 0. The number of nitrogens with one attached hydrogen (secondary N) is 1. The molecule has 1 aromatic carbocycles. The normalized spacial score (nSPS) is 17.5. The van der Waals surface area contributed by atoms with Gasteiger partial charge in [0.1, 0.15) is 22.8 Å². The Hall–Kier alpha value is -3.07. The summed E-state index contributed by atoms with van der Waals surface area (Å²) in [5, 5.41) is 10.6. The minimum atomic E-state index is -0.311. The molecule has 1 atom stereocenters. The van der Waals surface area contributed by atoms with Crippen LogP contribution in [-0.2, 0) is 4.74 Å². The topological polar surface area (TPSA) is 100 Å². The molecule has 0 spiro atoms. The van der Waals surface area contributed by atoms with Crippen LogP contribution in [0.2, 0.25) is 0 Å². The Morgan fingerprint density at radius 3 is 2.88 bits per heavy atom. The number of H-pyrrole nitrogens is 1. The average molecular weight is 353 g/mol. The van der Waals surface area contributed by atoms with Gasteiger partial charge in [0.25, 0.3) is 5.91 Å².